The lowest BCUT2D eigenvalue weighted by Gasteiger charge is -2.29. The highest BCUT2D eigenvalue weighted by Crippen LogP contribution is 2.38. The molecule has 1 aliphatic heterocycles. The van der Waals surface area contributed by atoms with Gasteiger partial charge in [-0.05, 0) is 45.7 Å². The average Bonchev–Trinajstić information content (AvgIpc) is 3.34. The zero-order valence-corrected chi connectivity index (χ0v) is 17.9. The van der Waals surface area contributed by atoms with Crippen molar-refractivity contribution in [3.8, 4) is 0 Å². The molecule has 3 heterocycles. The molecule has 31 heavy (non-hydrogen) atoms. The van der Waals surface area contributed by atoms with Gasteiger partial charge in [0.05, 0.1) is 25.4 Å². The summed E-state index contributed by atoms with van der Waals surface area (Å²) in [5.41, 5.74) is 0.723. The number of furan rings is 1. The molecule has 2 aromatic heterocycles. The monoisotopic (exact) mass is 433 g/mol. The van der Waals surface area contributed by atoms with Crippen molar-refractivity contribution in [1.29, 1.82) is 0 Å². The first-order chi connectivity index (χ1) is 14.6. The Morgan fingerprint density at radius 2 is 2.00 bits per heavy atom. The third-order valence-corrected chi connectivity index (χ3v) is 5.28. The molecular formula is C22H25F2N3O4. The summed E-state index contributed by atoms with van der Waals surface area (Å²) in [6.07, 6.45) is 1.68. The maximum Gasteiger partial charge on any atom is 0.401 e. The standard InChI is InChI=1S/C22H25F2N3O4/c1-21(2,3)30-12-13-8-7-11-27(13)18-17-16(14-9-5-6-10-15(14)31-17)25-19(26-18)22(23,24)20(28)29-4/h5-6,9-10,13H,7-8,11-12H2,1-4H3/t13-/m0/s1. The zero-order chi connectivity index (χ0) is 22.4. The topological polar surface area (TPSA) is 77.7 Å². The van der Waals surface area contributed by atoms with E-state index in [-0.39, 0.29) is 23.0 Å². The van der Waals surface area contributed by atoms with Crippen LogP contribution in [0.1, 0.15) is 39.4 Å². The molecule has 0 unspecified atom stereocenters. The lowest BCUT2D eigenvalue weighted by Crippen LogP contribution is -2.37. The van der Waals surface area contributed by atoms with Gasteiger partial charge in [0.25, 0.3) is 0 Å². The molecule has 0 saturated carbocycles. The Bertz CT molecular complexity index is 1120. The number of hydrogen-bond donors (Lipinski definition) is 0. The number of rotatable bonds is 5. The summed E-state index contributed by atoms with van der Waals surface area (Å²) in [6, 6.07) is 6.97. The molecule has 1 aromatic carbocycles. The van der Waals surface area contributed by atoms with Crippen LogP contribution in [0.25, 0.3) is 22.1 Å². The second kappa shape index (κ2) is 7.71. The van der Waals surface area contributed by atoms with Gasteiger partial charge >= 0.3 is 11.9 Å². The lowest BCUT2D eigenvalue weighted by atomic mass is 10.1. The number of halogens is 2. The molecule has 1 fully saturated rings. The average molecular weight is 433 g/mol. The van der Waals surface area contributed by atoms with Crippen molar-refractivity contribution < 1.29 is 27.5 Å². The molecule has 0 radical (unpaired) electrons. The van der Waals surface area contributed by atoms with E-state index in [1.807, 2.05) is 25.7 Å². The van der Waals surface area contributed by atoms with Gasteiger partial charge in [0, 0.05) is 11.9 Å². The van der Waals surface area contributed by atoms with Gasteiger partial charge in [0.15, 0.2) is 11.4 Å². The summed E-state index contributed by atoms with van der Waals surface area (Å²) in [7, 11) is 0.906. The van der Waals surface area contributed by atoms with Gasteiger partial charge in [-0.25, -0.2) is 14.8 Å². The van der Waals surface area contributed by atoms with E-state index < -0.39 is 17.7 Å². The van der Waals surface area contributed by atoms with Gasteiger partial charge in [0.2, 0.25) is 5.82 Å². The summed E-state index contributed by atoms with van der Waals surface area (Å²) >= 11 is 0. The van der Waals surface area contributed by atoms with Gasteiger partial charge in [-0.15, -0.1) is 0 Å². The van der Waals surface area contributed by atoms with Crippen LogP contribution < -0.4 is 4.90 Å². The van der Waals surface area contributed by atoms with E-state index in [4.69, 9.17) is 9.15 Å². The van der Waals surface area contributed by atoms with Crippen molar-refractivity contribution in [3.63, 3.8) is 0 Å². The fraction of sp³-hybridized carbons (Fsp3) is 0.500. The van der Waals surface area contributed by atoms with Crippen LogP contribution in [-0.4, -0.2) is 47.8 Å². The number of carbonyl (C=O) groups excluding carboxylic acids is 1. The maximum absolute atomic E-state index is 14.8. The lowest BCUT2D eigenvalue weighted by molar-refractivity contribution is -0.171. The summed E-state index contributed by atoms with van der Waals surface area (Å²) in [4.78, 5) is 21.8. The summed E-state index contributed by atoms with van der Waals surface area (Å²) in [6.45, 7) is 6.90. The fourth-order valence-corrected chi connectivity index (χ4v) is 3.76. The van der Waals surface area contributed by atoms with Crippen LogP contribution in [0.3, 0.4) is 0 Å². The van der Waals surface area contributed by atoms with Crippen LogP contribution in [0.5, 0.6) is 0 Å². The van der Waals surface area contributed by atoms with E-state index in [1.54, 1.807) is 24.3 Å². The molecule has 166 valence electrons. The van der Waals surface area contributed by atoms with Gasteiger partial charge in [0.1, 0.15) is 11.1 Å². The number of hydrogen-bond acceptors (Lipinski definition) is 7. The molecule has 0 bridgehead atoms. The van der Waals surface area contributed by atoms with Crippen LogP contribution in [0.2, 0.25) is 0 Å². The first kappa shape index (κ1) is 21.4. The number of methoxy groups -OCH3 is 1. The minimum Gasteiger partial charge on any atom is -0.464 e. The Morgan fingerprint density at radius 3 is 2.71 bits per heavy atom. The molecule has 0 amide bonds. The molecule has 0 N–H and O–H groups in total. The maximum atomic E-state index is 14.8. The predicted octanol–water partition coefficient (Wildman–Crippen LogP) is 4.42. The van der Waals surface area contributed by atoms with Gasteiger partial charge in [-0.3, -0.25) is 0 Å². The number of esters is 1. The second-order valence-electron chi connectivity index (χ2n) is 8.63. The summed E-state index contributed by atoms with van der Waals surface area (Å²) < 4.78 is 45.8. The van der Waals surface area contributed by atoms with E-state index in [9.17, 15) is 13.6 Å². The van der Waals surface area contributed by atoms with Crippen LogP contribution in [0.15, 0.2) is 28.7 Å². The number of carbonyl (C=O) groups is 1. The number of anilines is 1. The molecule has 9 heteroatoms. The van der Waals surface area contributed by atoms with Crippen molar-refractivity contribution in [2.75, 3.05) is 25.2 Å². The Hall–Kier alpha value is -2.81. The largest absolute Gasteiger partial charge is 0.464 e. The molecule has 0 aliphatic carbocycles. The van der Waals surface area contributed by atoms with E-state index in [0.29, 0.717) is 29.7 Å². The number of benzene rings is 1. The van der Waals surface area contributed by atoms with E-state index in [0.717, 1.165) is 20.0 Å². The van der Waals surface area contributed by atoms with E-state index in [2.05, 4.69) is 14.7 Å². The number of para-hydroxylation sites is 1. The SMILES string of the molecule is COC(=O)C(F)(F)c1nc(N2CCC[C@H]2COC(C)(C)C)c2oc3ccccc3c2n1. The number of aromatic nitrogens is 2. The summed E-state index contributed by atoms with van der Waals surface area (Å²) in [5, 5.41) is 0.574. The first-order valence-electron chi connectivity index (χ1n) is 10.2. The van der Waals surface area contributed by atoms with Crippen LogP contribution in [0.4, 0.5) is 14.6 Å². The molecular weight excluding hydrogens is 408 g/mol. The molecule has 4 rings (SSSR count). The molecule has 1 aliphatic rings. The number of ether oxygens (including phenoxy) is 2. The number of alkyl halides is 2. The van der Waals surface area contributed by atoms with Crippen LogP contribution in [0, 0.1) is 0 Å². The molecule has 0 spiro atoms. The quantitative estimate of drug-likeness (QED) is 0.551. The molecule has 1 saturated heterocycles. The van der Waals surface area contributed by atoms with E-state index >= 15 is 0 Å². The molecule has 7 nitrogen and oxygen atoms in total. The third-order valence-electron chi connectivity index (χ3n) is 5.28. The van der Waals surface area contributed by atoms with Gasteiger partial charge in [-0.1, -0.05) is 12.1 Å². The minimum atomic E-state index is -3.99. The van der Waals surface area contributed by atoms with Crippen molar-refractivity contribution in [1.82, 2.24) is 9.97 Å². The van der Waals surface area contributed by atoms with E-state index in [1.165, 1.54) is 0 Å². The minimum absolute atomic E-state index is 0.0647. The smallest absolute Gasteiger partial charge is 0.401 e. The zero-order valence-electron chi connectivity index (χ0n) is 17.9. The normalized spacial score (nSPS) is 17.6. The van der Waals surface area contributed by atoms with Gasteiger partial charge in [-0.2, -0.15) is 8.78 Å². The third kappa shape index (κ3) is 3.94. The number of fused-ring (bicyclic) bond motifs is 3. The van der Waals surface area contributed by atoms with Gasteiger partial charge < -0.3 is 18.8 Å². The highest BCUT2D eigenvalue weighted by Gasteiger charge is 2.47. The van der Waals surface area contributed by atoms with Crippen LogP contribution >= 0.6 is 0 Å². The molecule has 3 aromatic rings. The van der Waals surface area contributed by atoms with Crippen molar-refractivity contribution >= 4 is 33.9 Å². The predicted molar refractivity (Wildman–Crippen MR) is 111 cm³/mol. The van der Waals surface area contributed by atoms with Crippen molar-refractivity contribution in [3.05, 3.63) is 30.1 Å². The van der Waals surface area contributed by atoms with Crippen LogP contribution in [-0.2, 0) is 20.2 Å². The Balaban J connectivity index is 1.88. The number of nitrogens with zero attached hydrogens (tertiary/aromatic N) is 3. The summed E-state index contributed by atoms with van der Waals surface area (Å²) in [5.74, 6) is -6.37. The van der Waals surface area contributed by atoms with Crippen molar-refractivity contribution in [2.45, 2.75) is 51.2 Å². The Morgan fingerprint density at radius 1 is 1.26 bits per heavy atom. The Labute approximate surface area is 178 Å². The second-order valence-corrected chi connectivity index (χ2v) is 8.63. The van der Waals surface area contributed by atoms with Crippen molar-refractivity contribution in [2.24, 2.45) is 0 Å². The Kier molecular flexibility index (Phi) is 5.33. The molecule has 1 atom stereocenters. The highest BCUT2D eigenvalue weighted by molar-refractivity contribution is 6.06. The first-order valence-corrected chi connectivity index (χ1v) is 10.2. The fourth-order valence-electron chi connectivity index (χ4n) is 3.76. The highest BCUT2D eigenvalue weighted by atomic mass is 19.3.